The van der Waals surface area contributed by atoms with Crippen molar-refractivity contribution in [2.45, 2.75) is 42.5 Å². The predicted molar refractivity (Wildman–Crippen MR) is 149 cm³/mol. The second-order valence-electron chi connectivity index (χ2n) is 10.4. The first-order valence-electron chi connectivity index (χ1n) is 12.9. The van der Waals surface area contributed by atoms with E-state index in [0.717, 1.165) is 4.31 Å². The number of likely N-dealkylation sites (N-methyl/N-ethyl adjacent to an activating group) is 1. The molecule has 1 amide bonds. The number of aliphatic hydroxyl groups excluding tert-OH is 1. The molecule has 2 N–H and O–H groups in total. The molecule has 0 bridgehead atoms. The third-order valence-electron chi connectivity index (χ3n) is 6.92. The van der Waals surface area contributed by atoms with Crippen molar-refractivity contribution in [1.82, 2.24) is 28.3 Å². The molecule has 1 aliphatic heterocycles. The highest BCUT2D eigenvalue weighted by Gasteiger charge is 2.34. The van der Waals surface area contributed by atoms with Gasteiger partial charge in [-0.3, -0.25) is 9.52 Å². The van der Waals surface area contributed by atoms with Gasteiger partial charge in [-0.15, -0.1) is 0 Å². The lowest BCUT2D eigenvalue weighted by Gasteiger charge is -2.33. The minimum atomic E-state index is -3.99. The molecule has 3 atom stereocenters. The summed E-state index contributed by atoms with van der Waals surface area (Å²) in [5.74, 6) is -0.316. The first-order chi connectivity index (χ1) is 19.2. The molecule has 0 aliphatic carbocycles. The van der Waals surface area contributed by atoms with Gasteiger partial charge in [0.05, 0.1) is 38.3 Å². The van der Waals surface area contributed by atoms with Crippen molar-refractivity contribution in [2.24, 2.45) is 20.0 Å². The fourth-order valence-electron chi connectivity index (χ4n) is 4.48. The molecule has 3 heterocycles. The molecule has 1 aliphatic rings. The Bertz CT molecular complexity index is 1620. The Morgan fingerprint density at radius 1 is 1.12 bits per heavy atom. The van der Waals surface area contributed by atoms with Gasteiger partial charge in [0.1, 0.15) is 11.9 Å². The number of aromatic nitrogens is 4. The minimum Gasteiger partial charge on any atom is -0.488 e. The van der Waals surface area contributed by atoms with Gasteiger partial charge < -0.3 is 23.9 Å². The Labute approximate surface area is 239 Å². The third kappa shape index (κ3) is 6.72. The molecule has 14 nitrogen and oxygen atoms in total. The first-order valence-corrected chi connectivity index (χ1v) is 15.8. The Morgan fingerprint density at radius 3 is 2.34 bits per heavy atom. The van der Waals surface area contributed by atoms with Crippen LogP contribution in [0.2, 0.25) is 0 Å². The summed E-state index contributed by atoms with van der Waals surface area (Å²) in [4.78, 5) is 22.8. The highest BCUT2D eigenvalue weighted by molar-refractivity contribution is 7.92. The number of carbonyl (C=O) groups excluding carboxylic acids is 1. The van der Waals surface area contributed by atoms with Crippen LogP contribution in [0.4, 0.5) is 5.69 Å². The zero-order valence-electron chi connectivity index (χ0n) is 23.5. The first kappa shape index (κ1) is 30.5. The van der Waals surface area contributed by atoms with Gasteiger partial charge in [-0.1, -0.05) is 6.92 Å². The molecule has 0 spiro atoms. The van der Waals surface area contributed by atoms with Crippen LogP contribution in [0, 0.1) is 5.92 Å². The van der Waals surface area contributed by atoms with Crippen molar-refractivity contribution in [2.75, 3.05) is 31.5 Å². The monoisotopic (exact) mass is 609 g/mol. The maximum atomic E-state index is 13.4. The molecule has 0 radical (unpaired) electrons. The number of carbonyl (C=O) groups is 1. The number of imidazole rings is 2. The molecular weight excluding hydrogens is 574 g/mol. The van der Waals surface area contributed by atoms with E-state index in [1.807, 2.05) is 6.92 Å². The van der Waals surface area contributed by atoms with Crippen molar-refractivity contribution in [3.63, 3.8) is 0 Å². The van der Waals surface area contributed by atoms with Crippen molar-refractivity contribution in [3.05, 3.63) is 48.8 Å². The third-order valence-corrected chi connectivity index (χ3v) is 9.89. The molecule has 0 unspecified atom stereocenters. The lowest BCUT2D eigenvalue weighted by Crippen LogP contribution is -2.48. The molecule has 0 saturated heterocycles. The number of aryl methyl sites for hydroxylation is 2. The highest BCUT2D eigenvalue weighted by Crippen LogP contribution is 2.30. The summed E-state index contributed by atoms with van der Waals surface area (Å²) in [6.07, 6.45) is 4.71. The van der Waals surface area contributed by atoms with Crippen LogP contribution in [0.15, 0.2) is 53.3 Å². The summed E-state index contributed by atoms with van der Waals surface area (Å²) >= 11 is 0. The summed E-state index contributed by atoms with van der Waals surface area (Å²) in [7, 11) is -3.17. The quantitative estimate of drug-likeness (QED) is 0.349. The normalized spacial score (nSPS) is 19.2. The van der Waals surface area contributed by atoms with Crippen molar-refractivity contribution in [3.8, 4) is 5.75 Å². The van der Waals surface area contributed by atoms with E-state index >= 15 is 0 Å². The van der Waals surface area contributed by atoms with Crippen LogP contribution in [0.1, 0.15) is 19.4 Å². The molecule has 2 aromatic heterocycles. The van der Waals surface area contributed by atoms with Crippen molar-refractivity contribution in [1.29, 1.82) is 0 Å². The molecule has 0 saturated carbocycles. The molecule has 0 fully saturated rings. The van der Waals surface area contributed by atoms with Crippen LogP contribution in [0.5, 0.6) is 5.75 Å². The number of fused-ring (bicyclic) bond motifs is 1. The van der Waals surface area contributed by atoms with Crippen LogP contribution in [-0.4, -0.2) is 95.0 Å². The van der Waals surface area contributed by atoms with Gasteiger partial charge >= 0.3 is 0 Å². The molecule has 3 aromatic rings. The number of aliphatic hydroxyl groups is 1. The summed E-state index contributed by atoms with van der Waals surface area (Å²) < 4.78 is 65.1. The molecule has 224 valence electrons. The lowest BCUT2D eigenvalue weighted by molar-refractivity contribution is -0.134. The maximum absolute atomic E-state index is 13.4. The number of hydrogen-bond donors (Lipinski definition) is 2. The largest absolute Gasteiger partial charge is 0.488 e. The Balaban J connectivity index is 1.68. The Morgan fingerprint density at radius 2 is 1.76 bits per heavy atom. The van der Waals surface area contributed by atoms with Crippen LogP contribution in [-0.2, 0) is 45.4 Å². The maximum Gasteiger partial charge on any atom is 0.280 e. The van der Waals surface area contributed by atoms with Crippen LogP contribution in [0.3, 0.4) is 0 Å². The molecular formula is C25H35N7O7S2. The highest BCUT2D eigenvalue weighted by atomic mass is 32.2. The summed E-state index contributed by atoms with van der Waals surface area (Å²) in [5, 5.41) is 9.58. The fraction of sp³-hybridized carbons (Fsp3) is 0.480. The zero-order valence-corrected chi connectivity index (χ0v) is 25.1. The smallest absolute Gasteiger partial charge is 0.280 e. The van der Waals surface area contributed by atoms with Gasteiger partial charge in [0.2, 0.25) is 5.91 Å². The van der Waals surface area contributed by atoms with Crippen molar-refractivity contribution >= 4 is 31.6 Å². The van der Waals surface area contributed by atoms with E-state index in [1.165, 1.54) is 58.3 Å². The summed E-state index contributed by atoms with van der Waals surface area (Å²) in [5.41, 5.74) is 0.604. The average molecular weight is 610 g/mol. The summed E-state index contributed by atoms with van der Waals surface area (Å²) in [6, 6.07) is 4.06. The number of nitrogens with one attached hydrogen (secondary N) is 1. The van der Waals surface area contributed by atoms with Gasteiger partial charge in [0.25, 0.3) is 20.0 Å². The number of ether oxygens (including phenoxy) is 1. The number of sulfonamides is 2. The number of anilines is 1. The average Bonchev–Trinajstić information content (AvgIpc) is 3.56. The topological polar surface area (TPSA) is 169 Å². The van der Waals surface area contributed by atoms with Gasteiger partial charge in [-0.2, -0.15) is 12.7 Å². The van der Waals surface area contributed by atoms with Gasteiger partial charge in [0.15, 0.2) is 10.1 Å². The van der Waals surface area contributed by atoms with E-state index < -0.39 is 32.2 Å². The van der Waals surface area contributed by atoms with Gasteiger partial charge in [-0.25, -0.2) is 18.4 Å². The molecule has 1 aromatic carbocycles. The van der Waals surface area contributed by atoms with Gasteiger partial charge in [0, 0.05) is 57.3 Å². The van der Waals surface area contributed by atoms with Crippen LogP contribution in [0.25, 0.3) is 0 Å². The van der Waals surface area contributed by atoms with E-state index in [4.69, 9.17) is 4.74 Å². The van der Waals surface area contributed by atoms with E-state index in [0.29, 0.717) is 11.3 Å². The van der Waals surface area contributed by atoms with E-state index in [9.17, 15) is 26.7 Å². The number of nitrogens with zero attached hydrogens (tertiary/aromatic N) is 6. The standard InChI is InChI=1S/C25H35N7O7S2/c1-17-10-32(18(2)14-33)25(34)9-19-8-20(28-40(35,36)23-12-29(3)15-26-23)6-7-21(19)39-22(17)11-31(5)41(37,38)24-13-30(4)16-27-24/h6-8,12-13,15-18,22,28,33H,9-11,14H2,1-5H3/t17-,18-,22-/m0/s1. The van der Waals surface area contributed by atoms with E-state index in [2.05, 4.69) is 14.7 Å². The van der Waals surface area contributed by atoms with E-state index in [1.54, 1.807) is 27.1 Å². The molecule has 41 heavy (non-hydrogen) atoms. The lowest BCUT2D eigenvalue weighted by atomic mass is 10.0. The predicted octanol–water partition coefficient (Wildman–Crippen LogP) is 0.424. The number of hydrogen-bond acceptors (Lipinski definition) is 9. The minimum absolute atomic E-state index is 0.0525. The number of rotatable bonds is 9. The molecule has 16 heteroatoms. The molecule has 4 rings (SSSR count). The zero-order chi connectivity index (χ0) is 30.1. The number of benzene rings is 1. The second kappa shape index (κ2) is 11.8. The SMILES string of the molecule is C[C@H]1CN([C@@H](C)CO)C(=O)Cc2cc(NS(=O)(=O)c3cn(C)cn3)ccc2O[C@H]1CN(C)S(=O)(=O)c1cn(C)cn1. The van der Waals surface area contributed by atoms with Crippen LogP contribution < -0.4 is 9.46 Å². The van der Waals surface area contributed by atoms with Crippen LogP contribution >= 0.6 is 0 Å². The number of amides is 1. The summed E-state index contributed by atoms with van der Waals surface area (Å²) in [6.45, 7) is 3.44. The van der Waals surface area contributed by atoms with Crippen molar-refractivity contribution < 1.29 is 31.5 Å². The Hall–Kier alpha value is -3.47. The fourth-order valence-corrected chi connectivity index (χ4v) is 6.65. The second-order valence-corrected chi connectivity index (χ2v) is 14.0. The van der Waals surface area contributed by atoms with Gasteiger partial charge in [-0.05, 0) is 25.1 Å². The Kier molecular flexibility index (Phi) is 8.77. The van der Waals surface area contributed by atoms with E-state index in [-0.39, 0.29) is 53.7 Å².